The lowest BCUT2D eigenvalue weighted by molar-refractivity contribution is -0.153. The number of hydrogen-bond donors (Lipinski definition) is 1. The molecule has 0 spiro atoms. The van der Waals surface area contributed by atoms with Crippen LogP contribution in [0.3, 0.4) is 0 Å². The van der Waals surface area contributed by atoms with Crippen LogP contribution in [0, 0.1) is 6.92 Å². The Morgan fingerprint density at radius 2 is 2.00 bits per heavy atom. The first kappa shape index (κ1) is 15.0. The Balaban J connectivity index is 2.35. The molecule has 1 aromatic rings. The molecule has 1 saturated heterocycles. The zero-order valence-electron chi connectivity index (χ0n) is 12.3. The van der Waals surface area contributed by atoms with Crippen LogP contribution in [0.1, 0.15) is 32.2 Å². The van der Waals surface area contributed by atoms with E-state index >= 15 is 0 Å². The summed E-state index contributed by atoms with van der Waals surface area (Å²) in [6.45, 7) is 7.42. The number of aryl methyl sites for hydroxylation is 2. The number of hydrogen-bond acceptors (Lipinski definition) is 3. The van der Waals surface area contributed by atoms with Gasteiger partial charge in [0.05, 0.1) is 22.4 Å². The van der Waals surface area contributed by atoms with Crippen LogP contribution < -0.4 is 5.32 Å². The highest BCUT2D eigenvalue weighted by Crippen LogP contribution is 2.25. The molecule has 1 N–H and O–H groups in total. The largest absolute Gasteiger partial charge is 0.340 e. The van der Waals surface area contributed by atoms with Crippen LogP contribution in [0.4, 0.5) is 0 Å². The van der Waals surface area contributed by atoms with Crippen molar-refractivity contribution in [1.82, 2.24) is 20.0 Å². The predicted molar refractivity (Wildman–Crippen MR) is 77.9 cm³/mol. The summed E-state index contributed by atoms with van der Waals surface area (Å²) in [5.41, 5.74) is 0.875. The lowest BCUT2D eigenvalue weighted by atomic mass is 9.97. The van der Waals surface area contributed by atoms with Gasteiger partial charge in [-0.15, -0.1) is 0 Å². The zero-order valence-corrected chi connectivity index (χ0v) is 13.9. The van der Waals surface area contributed by atoms with Gasteiger partial charge in [-0.3, -0.25) is 14.3 Å². The van der Waals surface area contributed by atoms with Gasteiger partial charge < -0.3 is 10.2 Å². The number of rotatable bonds is 2. The van der Waals surface area contributed by atoms with E-state index in [0.29, 0.717) is 6.54 Å². The van der Waals surface area contributed by atoms with Crippen LogP contribution >= 0.6 is 15.9 Å². The molecule has 1 unspecified atom stereocenters. The molecule has 0 bridgehead atoms. The van der Waals surface area contributed by atoms with Gasteiger partial charge in [0.25, 0.3) is 0 Å². The van der Waals surface area contributed by atoms with E-state index in [2.05, 4.69) is 26.3 Å². The highest BCUT2D eigenvalue weighted by Gasteiger charge is 2.43. The topological polar surface area (TPSA) is 67.2 Å². The van der Waals surface area contributed by atoms with E-state index in [1.165, 1.54) is 0 Å². The number of nitrogens with zero attached hydrogens (tertiary/aromatic N) is 3. The Kier molecular flexibility index (Phi) is 3.66. The number of carbonyl (C=O) groups is 2. The summed E-state index contributed by atoms with van der Waals surface area (Å²) < 4.78 is 2.61. The normalized spacial score (nSPS) is 22.1. The third kappa shape index (κ3) is 2.34. The Morgan fingerprint density at radius 1 is 1.40 bits per heavy atom. The van der Waals surface area contributed by atoms with Gasteiger partial charge in [0.2, 0.25) is 11.8 Å². The number of nitrogens with one attached hydrogen (secondary N) is 1. The Labute approximate surface area is 126 Å². The first-order chi connectivity index (χ1) is 9.15. The fraction of sp³-hybridized carbons (Fsp3) is 0.615. The number of amides is 2. The molecular formula is C13H19BrN4O2. The molecule has 0 aromatic carbocycles. The fourth-order valence-electron chi connectivity index (χ4n) is 2.36. The molecule has 1 aliphatic rings. The molecule has 1 aromatic heterocycles. The van der Waals surface area contributed by atoms with Gasteiger partial charge in [0, 0.05) is 7.05 Å². The minimum atomic E-state index is -0.871. The van der Waals surface area contributed by atoms with Crippen molar-refractivity contribution >= 4 is 27.7 Å². The zero-order chi connectivity index (χ0) is 15.2. The highest BCUT2D eigenvalue weighted by atomic mass is 79.9. The molecule has 0 radical (unpaired) electrons. The van der Waals surface area contributed by atoms with Gasteiger partial charge in [-0.05, 0) is 43.6 Å². The van der Waals surface area contributed by atoms with E-state index in [0.717, 1.165) is 15.9 Å². The van der Waals surface area contributed by atoms with Crippen molar-refractivity contribution in [1.29, 1.82) is 0 Å². The van der Waals surface area contributed by atoms with Crippen molar-refractivity contribution in [3.8, 4) is 0 Å². The van der Waals surface area contributed by atoms with Crippen LogP contribution in [-0.2, 0) is 23.2 Å². The molecule has 0 saturated carbocycles. The van der Waals surface area contributed by atoms with Crippen LogP contribution in [0.5, 0.6) is 0 Å². The lowest BCUT2D eigenvalue weighted by Gasteiger charge is -2.41. The van der Waals surface area contributed by atoms with Gasteiger partial charge in [0.1, 0.15) is 11.6 Å². The third-order valence-electron chi connectivity index (χ3n) is 3.66. The molecular weight excluding hydrogens is 324 g/mol. The minimum Gasteiger partial charge on any atom is -0.340 e. The maximum absolute atomic E-state index is 12.5. The molecule has 110 valence electrons. The number of carbonyl (C=O) groups excluding carboxylic acids is 2. The van der Waals surface area contributed by atoms with Crippen LogP contribution in [0.25, 0.3) is 0 Å². The molecule has 0 aliphatic carbocycles. The van der Waals surface area contributed by atoms with Crippen LogP contribution in [0.2, 0.25) is 0 Å². The summed E-state index contributed by atoms with van der Waals surface area (Å²) in [6, 6.07) is -0.488. The Bertz CT molecular complexity index is 579. The van der Waals surface area contributed by atoms with Crippen LogP contribution in [0.15, 0.2) is 4.47 Å². The standard InChI is InChI=1S/C13H19BrN4O2/c1-7-10(14)9(17(5)16-7)6-18-8(2)11(19)15-13(3,4)12(18)20/h8H,6H2,1-5H3,(H,15,19). The number of piperazine rings is 1. The summed E-state index contributed by atoms with van der Waals surface area (Å²) in [5.74, 6) is -0.222. The maximum Gasteiger partial charge on any atom is 0.248 e. The third-order valence-corrected chi connectivity index (χ3v) is 4.69. The molecule has 1 aliphatic heterocycles. The summed E-state index contributed by atoms with van der Waals surface area (Å²) >= 11 is 3.49. The first-order valence-corrected chi connectivity index (χ1v) is 7.25. The molecule has 2 heterocycles. The van der Waals surface area contributed by atoms with E-state index in [-0.39, 0.29) is 11.8 Å². The van der Waals surface area contributed by atoms with E-state index in [1.807, 2.05) is 14.0 Å². The van der Waals surface area contributed by atoms with Crippen molar-refractivity contribution in [3.05, 3.63) is 15.9 Å². The molecule has 1 atom stereocenters. The highest BCUT2D eigenvalue weighted by molar-refractivity contribution is 9.10. The predicted octanol–water partition coefficient (Wildman–Crippen LogP) is 1.12. The van der Waals surface area contributed by atoms with E-state index in [1.54, 1.807) is 30.4 Å². The average molecular weight is 343 g/mol. The minimum absolute atomic E-state index is 0.0876. The summed E-state index contributed by atoms with van der Waals surface area (Å²) in [5, 5.41) is 7.05. The summed E-state index contributed by atoms with van der Waals surface area (Å²) in [7, 11) is 1.83. The van der Waals surface area contributed by atoms with Gasteiger partial charge in [0.15, 0.2) is 0 Å². The van der Waals surface area contributed by atoms with Gasteiger partial charge in [-0.25, -0.2) is 0 Å². The number of aromatic nitrogens is 2. The quantitative estimate of drug-likeness (QED) is 0.875. The van der Waals surface area contributed by atoms with E-state index in [4.69, 9.17) is 0 Å². The van der Waals surface area contributed by atoms with E-state index < -0.39 is 11.6 Å². The summed E-state index contributed by atoms with van der Waals surface area (Å²) in [6.07, 6.45) is 0. The Hall–Kier alpha value is -1.37. The van der Waals surface area contributed by atoms with Crippen LogP contribution in [-0.4, -0.2) is 38.1 Å². The smallest absolute Gasteiger partial charge is 0.248 e. The van der Waals surface area contributed by atoms with Crippen molar-refractivity contribution in [2.75, 3.05) is 0 Å². The molecule has 2 amide bonds. The van der Waals surface area contributed by atoms with Gasteiger partial charge in [-0.1, -0.05) is 0 Å². The molecule has 20 heavy (non-hydrogen) atoms. The number of halogens is 1. The van der Waals surface area contributed by atoms with Gasteiger partial charge >= 0.3 is 0 Å². The molecule has 1 fully saturated rings. The molecule has 7 heteroatoms. The lowest BCUT2D eigenvalue weighted by Crippen LogP contribution is -2.67. The average Bonchev–Trinajstić information content (AvgIpc) is 2.57. The summed E-state index contributed by atoms with van der Waals surface area (Å²) in [4.78, 5) is 26.1. The second kappa shape index (κ2) is 4.87. The van der Waals surface area contributed by atoms with Crippen molar-refractivity contribution in [2.24, 2.45) is 7.05 Å². The van der Waals surface area contributed by atoms with E-state index in [9.17, 15) is 9.59 Å². The van der Waals surface area contributed by atoms with Crippen molar-refractivity contribution in [2.45, 2.75) is 45.8 Å². The monoisotopic (exact) mass is 342 g/mol. The SMILES string of the molecule is Cc1nn(C)c(CN2C(=O)C(C)(C)NC(=O)C2C)c1Br. The molecule has 6 nitrogen and oxygen atoms in total. The second-order valence-electron chi connectivity index (χ2n) is 5.69. The molecule has 2 rings (SSSR count). The van der Waals surface area contributed by atoms with Crippen molar-refractivity contribution in [3.63, 3.8) is 0 Å². The second-order valence-corrected chi connectivity index (χ2v) is 6.49. The van der Waals surface area contributed by atoms with Crippen molar-refractivity contribution < 1.29 is 9.59 Å². The Morgan fingerprint density at radius 3 is 2.50 bits per heavy atom. The maximum atomic E-state index is 12.5. The fourth-order valence-corrected chi connectivity index (χ4v) is 2.83. The first-order valence-electron chi connectivity index (χ1n) is 6.46. The van der Waals surface area contributed by atoms with Gasteiger partial charge in [-0.2, -0.15) is 5.10 Å².